The predicted octanol–water partition coefficient (Wildman–Crippen LogP) is 4.00. The maximum absolute atomic E-state index is 13.7. The third kappa shape index (κ3) is 4.04. The van der Waals surface area contributed by atoms with Gasteiger partial charge in [0.25, 0.3) is 5.78 Å². The van der Waals surface area contributed by atoms with Gasteiger partial charge in [0.05, 0.1) is 11.1 Å². The maximum Gasteiger partial charge on any atom is 0.252 e. The van der Waals surface area contributed by atoms with Crippen LogP contribution in [-0.4, -0.2) is 25.5 Å². The van der Waals surface area contributed by atoms with Crippen LogP contribution in [0.15, 0.2) is 18.5 Å². The van der Waals surface area contributed by atoms with Crippen molar-refractivity contribution in [2.24, 2.45) is 0 Å². The molecule has 1 N–H and O–H groups in total. The number of nitrogens with zero attached hydrogens (tertiary/aromatic N) is 4. The summed E-state index contributed by atoms with van der Waals surface area (Å²) in [6.07, 6.45) is 2.20. The molecule has 2 aromatic heterocycles. The minimum Gasteiger partial charge on any atom is -0.350 e. The lowest BCUT2D eigenvalue weighted by molar-refractivity contribution is -0.121. The van der Waals surface area contributed by atoms with Gasteiger partial charge in [0.15, 0.2) is 0 Å². The molecule has 0 aliphatic heterocycles. The van der Waals surface area contributed by atoms with E-state index >= 15 is 0 Å². The fourth-order valence-corrected chi connectivity index (χ4v) is 3.56. The van der Waals surface area contributed by atoms with Crippen LogP contribution in [0.1, 0.15) is 41.9 Å². The minimum absolute atomic E-state index is 0.0516. The van der Waals surface area contributed by atoms with Gasteiger partial charge in [-0.2, -0.15) is 10.1 Å². The van der Waals surface area contributed by atoms with Crippen molar-refractivity contribution in [3.63, 3.8) is 0 Å². The second-order valence-electron chi connectivity index (χ2n) is 6.31. The molecule has 1 aromatic carbocycles. The van der Waals surface area contributed by atoms with E-state index in [9.17, 15) is 9.18 Å². The lowest BCUT2D eigenvalue weighted by Crippen LogP contribution is -2.27. The number of nitrogens with one attached hydrogen (secondary N) is 1. The van der Waals surface area contributed by atoms with Crippen LogP contribution in [-0.2, 0) is 11.2 Å². The largest absolute Gasteiger partial charge is 0.350 e. The molecule has 0 radical (unpaired) electrons. The third-order valence-corrected chi connectivity index (χ3v) is 5.09. The Morgan fingerprint density at radius 2 is 2.04 bits per heavy atom. The Morgan fingerprint density at radius 3 is 2.78 bits per heavy atom. The van der Waals surface area contributed by atoms with Gasteiger partial charge in [0.1, 0.15) is 12.1 Å². The van der Waals surface area contributed by atoms with Crippen molar-refractivity contribution in [3.8, 4) is 0 Å². The van der Waals surface area contributed by atoms with E-state index in [-0.39, 0.29) is 17.4 Å². The number of fused-ring (bicyclic) bond motifs is 1. The molecule has 9 heteroatoms. The molecule has 6 nitrogen and oxygen atoms in total. The summed E-state index contributed by atoms with van der Waals surface area (Å²) in [7, 11) is 0. The fourth-order valence-electron chi connectivity index (χ4n) is 3.02. The van der Waals surface area contributed by atoms with Crippen LogP contribution in [0.5, 0.6) is 0 Å². The van der Waals surface area contributed by atoms with Gasteiger partial charge in [-0.25, -0.2) is 13.9 Å². The maximum atomic E-state index is 13.7. The quantitative estimate of drug-likeness (QED) is 0.646. The average Bonchev–Trinajstić information content (AvgIpc) is 3.06. The number of aromatic nitrogens is 4. The summed E-state index contributed by atoms with van der Waals surface area (Å²) in [6, 6.07) is 2.13. The lowest BCUT2D eigenvalue weighted by atomic mass is 10.1. The van der Waals surface area contributed by atoms with Crippen LogP contribution in [0.3, 0.4) is 0 Å². The van der Waals surface area contributed by atoms with Gasteiger partial charge in [-0.15, -0.1) is 0 Å². The first-order chi connectivity index (χ1) is 12.8. The van der Waals surface area contributed by atoms with Crippen molar-refractivity contribution in [1.82, 2.24) is 24.9 Å². The summed E-state index contributed by atoms with van der Waals surface area (Å²) < 4.78 is 15.3. The van der Waals surface area contributed by atoms with E-state index < -0.39 is 11.9 Å². The summed E-state index contributed by atoms with van der Waals surface area (Å²) in [6.45, 7) is 5.54. The van der Waals surface area contributed by atoms with Crippen molar-refractivity contribution in [2.75, 3.05) is 0 Å². The molecule has 0 saturated carbocycles. The highest BCUT2D eigenvalue weighted by atomic mass is 35.5. The molecule has 0 fully saturated rings. The van der Waals surface area contributed by atoms with Gasteiger partial charge in [-0.1, -0.05) is 23.2 Å². The van der Waals surface area contributed by atoms with Gasteiger partial charge in [-0.3, -0.25) is 4.79 Å². The highest BCUT2D eigenvalue weighted by Gasteiger charge is 2.17. The molecule has 0 aliphatic rings. The van der Waals surface area contributed by atoms with Crippen LogP contribution >= 0.6 is 23.2 Å². The third-order valence-electron chi connectivity index (χ3n) is 4.47. The van der Waals surface area contributed by atoms with Crippen LogP contribution in [0.2, 0.25) is 10.0 Å². The molecule has 3 rings (SSSR count). The number of amides is 1. The Morgan fingerprint density at radius 1 is 1.30 bits per heavy atom. The average molecular weight is 410 g/mol. The molecule has 2 heterocycles. The molecule has 0 spiro atoms. The second-order valence-corrected chi connectivity index (χ2v) is 7.12. The summed E-state index contributed by atoms with van der Waals surface area (Å²) in [5.74, 6) is -0.215. The molecule has 142 valence electrons. The monoisotopic (exact) mass is 409 g/mol. The summed E-state index contributed by atoms with van der Waals surface area (Å²) in [5, 5.41) is 7.23. The van der Waals surface area contributed by atoms with Gasteiger partial charge in [-0.05, 0) is 50.5 Å². The van der Waals surface area contributed by atoms with Crippen LogP contribution in [0.25, 0.3) is 5.78 Å². The second kappa shape index (κ2) is 7.78. The van der Waals surface area contributed by atoms with Crippen LogP contribution in [0, 0.1) is 19.7 Å². The fraction of sp³-hybridized carbons (Fsp3) is 0.333. The molecule has 0 aliphatic carbocycles. The van der Waals surface area contributed by atoms with Crippen LogP contribution in [0.4, 0.5) is 4.39 Å². The van der Waals surface area contributed by atoms with E-state index in [2.05, 4.69) is 20.4 Å². The highest BCUT2D eigenvalue weighted by molar-refractivity contribution is 6.35. The first kappa shape index (κ1) is 19.5. The smallest absolute Gasteiger partial charge is 0.252 e. The van der Waals surface area contributed by atoms with Crippen molar-refractivity contribution < 1.29 is 9.18 Å². The topological polar surface area (TPSA) is 72.2 Å². The molecule has 0 unspecified atom stereocenters. The first-order valence-electron chi connectivity index (χ1n) is 8.37. The Hall–Kier alpha value is -2.25. The zero-order valence-corrected chi connectivity index (χ0v) is 16.6. The number of benzene rings is 1. The Kier molecular flexibility index (Phi) is 5.62. The van der Waals surface area contributed by atoms with Gasteiger partial charge in [0.2, 0.25) is 5.91 Å². The number of hydrogen-bond acceptors (Lipinski definition) is 4. The number of hydrogen-bond donors (Lipinski definition) is 1. The van der Waals surface area contributed by atoms with E-state index in [0.29, 0.717) is 22.8 Å². The number of carbonyl (C=O) groups is 1. The van der Waals surface area contributed by atoms with E-state index in [1.165, 1.54) is 18.5 Å². The molecule has 27 heavy (non-hydrogen) atoms. The normalized spacial score (nSPS) is 12.4. The number of halogens is 3. The zero-order chi connectivity index (χ0) is 19.7. The van der Waals surface area contributed by atoms with Crippen molar-refractivity contribution in [3.05, 3.63) is 56.8 Å². The van der Waals surface area contributed by atoms with Gasteiger partial charge in [0, 0.05) is 22.8 Å². The van der Waals surface area contributed by atoms with Crippen molar-refractivity contribution in [1.29, 1.82) is 0 Å². The summed E-state index contributed by atoms with van der Waals surface area (Å²) in [5.41, 5.74) is 3.15. The Bertz CT molecular complexity index is 1020. The highest BCUT2D eigenvalue weighted by Crippen LogP contribution is 2.28. The molecular formula is C18H18Cl2FN5O. The van der Waals surface area contributed by atoms with Crippen molar-refractivity contribution in [2.45, 2.75) is 39.7 Å². The van der Waals surface area contributed by atoms with Crippen molar-refractivity contribution >= 4 is 34.9 Å². The molecule has 1 amide bonds. The SMILES string of the molecule is Cc1nc2ncnn2c(C)c1CCC(=O)N[C@@H](C)c1cc(F)c(Cl)cc1Cl. The van der Waals surface area contributed by atoms with E-state index in [1.807, 2.05) is 13.8 Å². The number of carbonyl (C=O) groups excluding carboxylic acids is 1. The number of aryl methyl sites for hydroxylation is 2. The van der Waals surface area contributed by atoms with Crippen LogP contribution < -0.4 is 5.32 Å². The van der Waals surface area contributed by atoms with Gasteiger partial charge < -0.3 is 5.32 Å². The molecule has 3 aromatic rings. The summed E-state index contributed by atoms with van der Waals surface area (Å²) >= 11 is 11.8. The molecule has 0 bridgehead atoms. The lowest BCUT2D eigenvalue weighted by Gasteiger charge is -2.17. The van der Waals surface area contributed by atoms with E-state index in [1.54, 1.807) is 11.4 Å². The minimum atomic E-state index is -0.573. The van der Waals surface area contributed by atoms with E-state index in [0.717, 1.165) is 17.0 Å². The number of rotatable bonds is 5. The predicted molar refractivity (Wildman–Crippen MR) is 102 cm³/mol. The Labute approximate surface area is 165 Å². The molecular weight excluding hydrogens is 392 g/mol. The standard InChI is InChI=1S/C18H18Cl2FN5O/c1-9-12(11(3)26-18(25-9)22-8-23-26)4-5-17(27)24-10(2)13-6-16(21)15(20)7-14(13)19/h6-8,10H,4-5H2,1-3H3,(H,24,27)/t10-/m0/s1. The van der Waals surface area contributed by atoms with Gasteiger partial charge >= 0.3 is 0 Å². The molecule has 1 atom stereocenters. The molecule has 0 saturated heterocycles. The van der Waals surface area contributed by atoms with E-state index in [4.69, 9.17) is 23.2 Å². The zero-order valence-electron chi connectivity index (χ0n) is 15.1. The summed E-state index contributed by atoms with van der Waals surface area (Å²) in [4.78, 5) is 20.8. The first-order valence-corrected chi connectivity index (χ1v) is 9.13. The Balaban J connectivity index is 1.69.